The van der Waals surface area contributed by atoms with Crippen LogP contribution in [0.1, 0.15) is 29.6 Å². The van der Waals surface area contributed by atoms with Gasteiger partial charge in [-0.3, -0.25) is 4.79 Å². The summed E-state index contributed by atoms with van der Waals surface area (Å²) in [5, 5.41) is 2.85. The SMILES string of the molecule is O=C(NCCCN1CCCC1)c1ccc(F)c(S)c1. The highest BCUT2D eigenvalue weighted by molar-refractivity contribution is 7.80. The minimum atomic E-state index is -0.408. The van der Waals surface area contributed by atoms with Gasteiger partial charge >= 0.3 is 0 Å². The van der Waals surface area contributed by atoms with Crippen molar-refractivity contribution in [3.63, 3.8) is 0 Å². The van der Waals surface area contributed by atoms with E-state index in [1.54, 1.807) is 0 Å². The van der Waals surface area contributed by atoms with Crippen molar-refractivity contribution in [2.45, 2.75) is 24.2 Å². The van der Waals surface area contributed by atoms with E-state index in [0.717, 1.165) is 13.0 Å². The summed E-state index contributed by atoms with van der Waals surface area (Å²) in [5.74, 6) is -0.578. The van der Waals surface area contributed by atoms with Crippen LogP contribution in [-0.4, -0.2) is 37.0 Å². The summed E-state index contributed by atoms with van der Waals surface area (Å²) in [6.07, 6.45) is 3.51. The van der Waals surface area contributed by atoms with E-state index in [1.807, 2.05) is 0 Å². The average molecular weight is 282 g/mol. The molecule has 0 aromatic heterocycles. The molecule has 0 spiro atoms. The molecule has 1 aliphatic rings. The maximum atomic E-state index is 13.0. The number of thiol groups is 1. The molecular formula is C14H19FN2OS. The zero-order chi connectivity index (χ0) is 13.7. The Bertz CT molecular complexity index is 447. The largest absolute Gasteiger partial charge is 0.352 e. The predicted octanol–water partition coefficient (Wildman–Crippen LogP) is 2.33. The van der Waals surface area contributed by atoms with Gasteiger partial charge in [0.1, 0.15) is 5.82 Å². The fourth-order valence-corrected chi connectivity index (χ4v) is 2.48. The number of rotatable bonds is 5. The van der Waals surface area contributed by atoms with Crippen LogP contribution in [-0.2, 0) is 0 Å². The number of carbonyl (C=O) groups excluding carboxylic acids is 1. The van der Waals surface area contributed by atoms with E-state index in [9.17, 15) is 9.18 Å². The molecule has 1 saturated heterocycles. The normalized spacial score (nSPS) is 15.7. The summed E-state index contributed by atoms with van der Waals surface area (Å²) in [6, 6.07) is 4.20. The molecule has 1 aromatic carbocycles. The molecule has 0 saturated carbocycles. The van der Waals surface area contributed by atoms with Gasteiger partial charge in [-0.25, -0.2) is 4.39 Å². The van der Waals surface area contributed by atoms with Gasteiger partial charge < -0.3 is 10.2 Å². The lowest BCUT2D eigenvalue weighted by atomic mass is 10.2. The van der Waals surface area contributed by atoms with Gasteiger partial charge in [-0.2, -0.15) is 0 Å². The lowest BCUT2D eigenvalue weighted by molar-refractivity contribution is 0.0951. The van der Waals surface area contributed by atoms with Gasteiger partial charge in [0.2, 0.25) is 0 Å². The Kier molecular flexibility index (Phi) is 5.22. The van der Waals surface area contributed by atoms with Crippen LogP contribution in [0.25, 0.3) is 0 Å². The van der Waals surface area contributed by atoms with E-state index < -0.39 is 5.82 Å². The topological polar surface area (TPSA) is 32.3 Å². The Hall–Kier alpha value is -1.07. The number of likely N-dealkylation sites (tertiary alicyclic amines) is 1. The molecule has 1 N–H and O–H groups in total. The fraction of sp³-hybridized carbons (Fsp3) is 0.500. The Morgan fingerprint density at radius 1 is 1.37 bits per heavy atom. The molecule has 1 amide bonds. The second-order valence-electron chi connectivity index (χ2n) is 4.82. The number of carbonyl (C=O) groups is 1. The van der Waals surface area contributed by atoms with Crippen molar-refractivity contribution in [1.29, 1.82) is 0 Å². The Labute approximate surface area is 118 Å². The second kappa shape index (κ2) is 6.91. The average Bonchev–Trinajstić information content (AvgIpc) is 2.91. The summed E-state index contributed by atoms with van der Waals surface area (Å²) >= 11 is 3.97. The third-order valence-electron chi connectivity index (χ3n) is 3.34. The second-order valence-corrected chi connectivity index (χ2v) is 5.31. The zero-order valence-electron chi connectivity index (χ0n) is 10.9. The van der Waals surface area contributed by atoms with Gasteiger partial charge in [0, 0.05) is 17.0 Å². The Balaban J connectivity index is 1.72. The minimum Gasteiger partial charge on any atom is -0.352 e. The predicted molar refractivity (Wildman–Crippen MR) is 76.3 cm³/mol. The molecule has 0 radical (unpaired) electrons. The van der Waals surface area contributed by atoms with Gasteiger partial charge in [0.25, 0.3) is 5.91 Å². The van der Waals surface area contributed by atoms with Crippen LogP contribution in [0, 0.1) is 5.82 Å². The monoisotopic (exact) mass is 282 g/mol. The quantitative estimate of drug-likeness (QED) is 0.642. The smallest absolute Gasteiger partial charge is 0.251 e. The molecule has 0 atom stereocenters. The molecule has 1 aromatic rings. The van der Waals surface area contributed by atoms with Gasteiger partial charge in [-0.15, -0.1) is 12.6 Å². The number of halogens is 1. The molecule has 19 heavy (non-hydrogen) atoms. The van der Waals surface area contributed by atoms with E-state index in [4.69, 9.17) is 0 Å². The Morgan fingerprint density at radius 3 is 2.79 bits per heavy atom. The summed E-state index contributed by atoms with van der Waals surface area (Å²) in [6.45, 7) is 4.03. The summed E-state index contributed by atoms with van der Waals surface area (Å²) in [7, 11) is 0. The van der Waals surface area contributed by atoms with Crippen LogP contribution in [0.5, 0.6) is 0 Å². The molecule has 104 valence electrons. The molecule has 1 aliphatic heterocycles. The van der Waals surface area contributed by atoms with E-state index >= 15 is 0 Å². The van der Waals surface area contributed by atoms with Crippen LogP contribution in [0.4, 0.5) is 4.39 Å². The molecule has 1 fully saturated rings. The maximum Gasteiger partial charge on any atom is 0.251 e. The molecule has 3 nitrogen and oxygen atoms in total. The van der Waals surface area contributed by atoms with Crippen LogP contribution < -0.4 is 5.32 Å². The van der Waals surface area contributed by atoms with Crippen molar-refractivity contribution < 1.29 is 9.18 Å². The number of amides is 1. The number of hydrogen-bond acceptors (Lipinski definition) is 3. The van der Waals surface area contributed by atoms with E-state index in [0.29, 0.717) is 12.1 Å². The van der Waals surface area contributed by atoms with Gasteiger partial charge in [0.15, 0.2) is 0 Å². The van der Waals surface area contributed by atoms with Crippen LogP contribution in [0.2, 0.25) is 0 Å². The van der Waals surface area contributed by atoms with Crippen LogP contribution in [0.15, 0.2) is 23.1 Å². The lowest BCUT2D eigenvalue weighted by Gasteiger charge is -2.14. The first-order valence-corrected chi connectivity index (χ1v) is 7.10. The van der Waals surface area contributed by atoms with Crippen molar-refractivity contribution in [1.82, 2.24) is 10.2 Å². The molecule has 0 unspecified atom stereocenters. The fourth-order valence-electron chi connectivity index (χ4n) is 2.27. The highest BCUT2D eigenvalue weighted by atomic mass is 32.1. The summed E-state index contributed by atoms with van der Waals surface area (Å²) in [4.78, 5) is 14.4. The van der Waals surface area contributed by atoms with Gasteiger partial charge in [-0.05, 0) is 57.1 Å². The standard InChI is InChI=1S/C14H19FN2OS/c15-12-5-4-11(10-13(12)19)14(18)16-6-3-9-17-7-1-2-8-17/h4-5,10,19H,1-3,6-9H2,(H,16,18). The zero-order valence-corrected chi connectivity index (χ0v) is 11.8. The minimum absolute atomic E-state index is 0.170. The van der Waals surface area contributed by atoms with Crippen LogP contribution in [0.3, 0.4) is 0 Å². The number of nitrogens with zero attached hydrogens (tertiary/aromatic N) is 1. The Morgan fingerprint density at radius 2 is 2.11 bits per heavy atom. The molecule has 2 rings (SSSR count). The number of benzene rings is 1. The van der Waals surface area contributed by atoms with Gasteiger partial charge in [0.05, 0.1) is 0 Å². The molecule has 0 bridgehead atoms. The first kappa shape index (κ1) is 14.3. The lowest BCUT2D eigenvalue weighted by Crippen LogP contribution is -2.28. The van der Waals surface area contributed by atoms with Gasteiger partial charge in [-0.1, -0.05) is 0 Å². The van der Waals surface area contributed by atoms with Crippen molar-refractivity contribution in [3.05, 3.63) is 29.6 Å². The van der Waals surface area contributed by atoms with Crippen molar-refractivity contribution >= 4 is 18.5 Å². The van der Waals surface area contributed by atoms with Crippen LogP contribution >= 0.6 is 12.6 Å². The number of nitrogens with one attached hydrogen (secondary N) is 1. The maximum absolute atomic E-state index is 13.0. The van der Waals surface area contributed by atoms with E-state index in [1.165, 1.54) is 44.1 Å². The number of hydrogen-bond donors (Lipinski definition) is 2. The summed E-state index contributed by atoms with van der Waals surface area (Å²) in [5.41, 5.74) is 0.451. The van der Waals surface area contributed by atoms with Crippen molar-refractivity contribution in [2.24, 2.45) is 0 Å². The summed E-state index contributed by atoms with van der Waals surface area (Å²) < 4.78 is 13.0. The third-order valence-corrected chi connectivity index (χ3v) is 3.69. The molecule has 0 aliphatic carbocycles. The third kappa shape index (κ3) is 4.21. The first-order valence-electron chi connectivity index (χ1n) is 6.66. The molecule has 1 heterocycles. The van der Waals surface area contributed by atoms with Crippen molar-refractivity contribution in [2.75, 3.05) is 26.2 Å². The first-order chi connectivity index (χ1) is 9.16. The molecule has 5 heteroatoms. The highest BCUT2D eigenvalue weighted by Crippen LogP contribution is 2.14. The van der Waals surface area contributed by atoms with E-state index in [-0.39, 0.29) is 10.8 Å². The molecular weight excluding hydrogens is 263 g/mol. The van der Waals surface area contributed by atoms with E-state index in [2.05, 4.69) is 22.8 Å². The highest BCUT2D eigenvalue weighted by Gasteiger charge is 2.11. The van der Waals surface area contributed by atoms with Crippen molar-refractivity contribution in [3.8, 4) is 0 Å².